The Morgan fingerprint density at radius 3 is 2.73 bits per heavy atom. The summed E-state index contributed by atoms with van der Waals surface area (Å²) in [4.78, 5) is 0. The van der Waals surface area contributed by atoms with Gasteiger partial charge in [-0.15, -0.1) is 0 Å². The topological polar surface area (TPSA) is 41.9 Å². The van der Waals surface area contributed by atoms with Crippen LogP contribution < -0.4 is 10.6 Å². The molecule has 0 fully saturated rings. The van der Waals surface area contributed by atoms with E-state index in [2.05, 4.69) is 36.5 Å². The first-order valence-corrected chi connectivity index (χ1v) is 7.94. The largest absolute Gasteiger partial charge is 0.357 e. The average molecular weight is 337 g/mol. The highest BCUT2D eigenvalue weighted by atomic mass is 35.5. The van der Waals surface area contributed by atoms with E-state index >= 15 is 0 Å². The minimum Gasteiger partial charge on any atom is -0.357 e. The third-order valence-corrected chi connectivity index (χ3v) is 3.82. The zero-order valence-electron chi connectivity index (χ0n) is 13.0. The van der Waals surface area contributed by atoms with Crippen molar-refractivity contribution in [2.24, 2.45) is 5.41 Å². The third kappa shape index (κ3) is 5.00. The first-order chi connectivity index (χ1) is 10.3. The van der Waals surface area contributed by atoms with E-state index in [1.54, 1.807) is 6.20 Å². The van der Waals surface area contributed by atoms with E-state index in [9.17, 15) is 0 Å². The number of hydrogen-bond acceptors (Lipinski definition) is 2. The molecule has 22 heavy (non-hydrogen) atoms. The van der Waals surface area contributed by atoms with E-state index in [-0.39, 0.29) is 11.5 Å². The summed E-state index contributed by atoms with van der Waals surface area (Å²) < 4.78 is 1.91. The zero-order valence-corrected chi connectivity index (χ0v) is 14.6. The van der Waals surface area contributed by atoms with Crippen molar-refractivity contribution in [1.29, 1.82) is 0 Å². The van der Waals surface area contributed by atoms with Crippen molar-refractivity contribution in [2.45, 2.75) is 33.4 Å². The third-order valence-electron chi connectivity index (χ3n) is 3.36. The second kappa shape index (κ2) is 7.11. The predicted octanol–water partition coefficient (Wildman–Crippen LogP) is 3.94. The summed E-state index contributed by atoms with van der Waals surface area (Å²) in [6.07, 6.45) is 3.73. The van der Waals surface area contributed by atoms with Crippen molar-refractivity contribution in [3.63, 3.8) is 0 Å². The number of halogens is 1. The number of hydrogen-bond donors (Lipinski definition) is 2. The highest BCUT2D eigenvalue weighted by molar-refractivity contribution is 7.80. The maximum absolute atomic E-state index is 5.99. The summed E-state index contributed by atoms with van der Waals surface area (Å²) in [7, 11) is 0. The molecule has 0 spiro atoms. The van der Waals surface area contributed by atoms with Crippen LogP contribution in [0.2, 0.25) is 5.02 Å². The van der Waals surface area contributed by atoms with Crippen LogP contribution in [-0.4, -0.2) is 20.9 Å². The average Bonchev–Trinajstić information content (AvgIpc) is 2.89. The Kier molecular flexibility index (Phi) is 5.42. The molecule has 2 rings (SSSR count). The van der Waals surface area contributed by atoms with E-state index < -0.39 is 0 Å². The molecule has 6 heteroatoms. The van der Waals surface area contributed by atoms with Crippen LogP contribution in [0.15, 0.2) is 42.7 Å². The standard InChI is InChI=1S/C16H21ClN4S/c1-16(2,3)14(11-21-9-5-8-18-21)20-15(22)19-13-7-4-6-12(17)10-13/h4-10,14H,11H2,1-3H3,(H2,19,20,22). The fourth-order valence-electron chi connectivity index (χ4n) is 2.02. The van der Waals surface area contributed by atoms with E-state index in [0.29, 0.717) is 10.1 Å². The Bertz CT molecular complexity index is 619. The van der Waals surface area contributed by atoms with Gasteiger partial charge in [-0.1, -0.05) is 38.4 Å². The van der Waals surface area contributed by atoms with Crippen molar-refractivity contribution in [3.8, 4) is 0 Å². The van der Waals surface area contributed by atoms with E-state index in [1.165, 1.54) is 0 Å². The molecule has 118 valence electrons. The number of rotatable bonds is 4. The molecule has 0 radical (unpaired) electrons. The molecule has 1 unspecified atom stereocenters. The Labute approximate surface area is 141 Å². The molecule has 0 aliphatic rings. The van der Waals surface area contributed by atoms with E-state index in [0.717, 1.165) is 12.2 Å². The smallest absolute Gasteiger partial charge is 0.171 e. The van der Waals surface area contributed by atoms with Crippen LogP contribution in [0.5, 0.6) is 0 Å². The first kappa shape index (κ1) is 16.8. The number of anilines is 1. The number of benzene rings is 1. The molecule has 4 nitrogen and oxygen atoms in total. The van der Waals surface area contributed by atoms with Gasteiger partial charge in [-0.2, -0.15) is 5.10 Å². The minimum atomic E-state index is 0.0338. The summed E-state index contributed by atoms with van der Waals surface area (Å²) >= 11 is 11.4. The lowest BCUT2D eigenvalue weighted by atomic mass is 9.87. The molecule has 1 heterocycles. The van der Waals surface area contributed by atoms with Crippen molar-refractivity contribution in [1.82, 2.24) is 15.1 Å². The Morgan fingerprint density at radius 2 is 2.14 bits per heavy atom. The molecule has 2 N–H and O–H groups in total. The summed E-state index contributed by atoms with van der Waals surface area (Å²) in [5.41, 5.74) is 0.906. The number of aromatic nitrogens is 2. The number of nitrogens with one attached hydrogen (secondary N) is 2. The van der Waals surface area contributed by atoms with Crippen molar-refractivity contribution in [2.75, 3.05) is 5.32 Å². The summed E-state index contributed by atoms with van der Waals surface area (Å²) in [5.74, 6) is 0. The molecule has 0 saturated carbocycles. The Morgan fingerprint density at radius 1 is 1.36 bits per heavy atom. The van der Waals surface area contributed by atoms with Crippen molar-refractivity contribution in [3.05, 3.63) is 47.7 Å². The van der Waals surface area contributed by atoms with E-state index in [4.69, 9.17) is 23.8 Å². The monoisotopic (exact) mass is 336 g/mol. The minimum absolute atomic E-state index is 0.0338. The fourth-order valence-corrected chi connectivity index (χ4v) is 2.47. The predicted molar refractivity (Wildman–Crippen MR) is 96.3 cm³/mol. The molecular formula is C16H21ClN4S. The molecule has 2 aromatic rings. The molecule has 1 atom stereocenters. The maximum Gasteiger partial charge on any atom is 0.171 e. The molecule has 1 aromatic carbocycles. The van der Waals surface area contributed by atoms with Crippen LogP contribution >= 0.6 is 23.8 Å². The van der Waals surface area contributed by atoms with Crippen LogP contribution in [0.4, 0.5) is 5.69 Å². The second-order valence-corrected chi connectivity index (χ2v) is 7.10. The highest BCUT2D eigenvalue weighted by Gasteiger charge is 2.25. The second-order valence-electron chi connectivity index (χ2n) is 6.26. The molecular weight excluding hydrogens is 316 g/mol. The van der Waals surface area contributed by atoms with Gasteiger partial charge < -0.3 is 10.6 Å². The molecule has 0 amide bonds. The first-order valence-electron chi connectivity index (χ1n) is 7.15. The van der Waals surface area contributed by atoms with Gasteiger partial charge in [0.25, 0.3) is 0 Å². The zero-order chi connectivity index (χ0) is 16.2. The SMILES string of the molecule is CC(C)(C)C(Cn1cccn1)NC(=S)Nc1cccc(Cl)c1. The van der Waals surface area contributed by atoms with Crippen LogP contribution in [0, 0.1) is 5.41 Å². The lowest BCUT2D eigenvalue weighted by molar-refractivity contribution is 0.262. The van der Waals surface area contributed by atoms with E-state index in [1.807, 2.05) is 41.2 Å². The van der Waals surface area contributed by atoms with Crippen molar-refractivity contribution < 1.29 is 0 Å². The Hall–Kier alpha value is -1.59. The highest BCUT2D eigenvalue weighted by Crippen LogP contribution is 2.21. The van der Waals surface area contributed by atoms with Crippen LogP contribution in [0.1, 0.15) is 20.8 Å². The summed E-state index contributed by atoms with van der Waals surface area (Å²) in [6.45, 7) is 7.27. The number of nitrogens with zero attached hydrogens (tertiary/aromatic N) is 2. The molecule has 1 aromatic heterocycles. The van der Waals surface area contributed by atoms with Gasteiger partial charge in [0, 0.05) is 23.1 Å². The normalized spacial score (nSPS) is 12.7. The van der Waals surface area contributed by atoms with Crippen LogP contribution in [0.25, 0.3) is 0 Å². The summed E-state index contributed by atoms with van der Waals surface area (Å²) in [6, 6.07) is 9.56. The van der Waals surface area contributed by atoms with Gasteiger partial charge in [0.1, 0.15) is 0 Å². The maximum atomic E-state index is 5.99. The number of thiocarbonyl (C=S) groups is 1. The summed E-state index contributed by atoms with van der Waals surface area (Å²) in [5, 5.41) is 12.1. The molecule has 0 aliphatic carbocycles. The van der Waals surface area contributed by atoms with Gasteiger partial charge in [-0.3, -0.25) is 4.68 Å². The van der Waals surface area contributed by atoms with Gasteiger partial charge in [0.05, 0.1) is 12.6 Å². The quantitative estimate of drug-likeness (QED) is 0.830. The van der Waals surface area contributed by atoms with Gasteiger partial charge in [0.15, 0.2) is 5.11 Å². The lowest BCUT2D eigenvalue weighted by Crippen LogP contribution is -2.48. The van der Waals surface area contributed by atoms with Gasteiger partial charge in [-0.05, 0) is 41.9 Å². The van der Waals surface area contributed by atoms with Gasteiger partial charge in [-0.25, -0.2) is 0 Å². The molecule has 0 aliphatic heterocycles. The molecule has 0 bridgehead atoms. The molecule has 0 saturated heterocycles. The lowest BCUT2D eigenvalue weighted by Gasteiger charge is -2.32. The van der Waals surface area contributed by atoms with Crippen molar-refractivity contribution >= 4 is 34.6 Å². The van der Waals surface area contributed by atoms with Crippen LogP contribution in [0.3, 0.4) is 0 Å². The fraction of sp³-hybridized carbons (Fsp3) is 0.375. The Balaban J connectivity index is 2.02. The van der Waals surface area contributed by atoms with Gasteiger partial charge in [0.2, 0.25) is 0 Å². The van der Waals surface area contributed by atoms with Gasteiger partial charge >= 0.3 is 0 Å². The van der Waals surface area contributed by atoms with Crippen LogP contribution in [-0.2, 0) is 6.54 Å².